The molecule has 1 amide bonds. The van der Waals surface area contributed by atoms with E-state index in [0.29, 0.717) is 31.7 Å². The Morgan fingerprint density at radius 1 is 0.923 bits per heavy atom. The minimum absolute atomic E-state index is 0.000210. The van der Waals surface area contributed by atoms with Crippen molar-refractivity contribution in [2.75, 3.05) is 19.7 Å². The standard InChI is InChI=1S/C22H25NO3/c1-16-3-7-18(8-4-16)22(25)19-11-13-23(14-12-19)21(24)15-26-20-9-5-17(2)6-10-20/h3-10,19H,11-15H2,1-2H3. The first-order chi connectivity index (χ1) is 12.5. The van der Waals surface area contributed by atoms with Crippen molar-refractivity contribution in [3.05, 3.63) is 65.2 Å². The molecule has 26 heavy (non-hydrogen) atoms. The van der Waals surface area contributed by atoms with Gasteiger partial charge in [0.15, 0.2) is 12.4 Å². The van der Waals surface area contributed by atoms with Gasteiger partial charge in [-0.15, -0.1) is 0 Å². The Bertz CT molecular complexity index is 757. The average molecular weight is 351 g/mol. The molecule has 1 fully saturated rings. The van der Waals surface area contributed by atoms with E-state index in [0.717, 1.165) is 16.7 Å². The van der Waals surface area contributed by atoms with E-state index in [-0.39, 0.29) is 24.2 Å². The van der Waals surface area contributed by atoms with Crippen molar-refractivity contribution in [1.82, 2.24) is 4.90 Å². The monoisotopic (exact) mass is 351 g/mol. The molecular formula is C22H25NO3. The highest BCUT2D eigenvalue weighted by atomic mass is 16.5. The van der Waals surface area contributed by atoms with Crippen LogP contribution in [0, 0.1) is 19.8 Å². The number of Topliss-reactive ketones (excluding diaryl/α,β-unsaturated/α-hetero) is 1. The summed E-state index contributed by atoms with van der Waals surface area (Å²) in [5.74, 6) is 0.868. The quantitative estimate of drug-likeness (QED) is 0.770. The van der Waals surface area contributed by atoms with Gasteiger partial charge in [0.2, 0.25) is 0 Å². The van der Waals surface area contributed by atoms with E-state index in [1.54, 1.807) is 4.90 Å². The third kappa shape index (κ3) is 4.51. The van der Waals surface area contributed by atoms with Crippen LogP contribution < -0.4 is 4.74 Å². The van der Waals surface area contributed by atoms with Gasteiger partial charge < -0.3 is 9.64 Å². The van der Waals surface area contributed by atoms with Gasteiger partial charge in [-0.05, 0) is 38.8 Å². The molecule has 0 saturated carbocycles. The summed E-state index contributed by atoms with van der Waals surface area (Å²) in [5, 5.41) is 0. The Kier molecular flexibility index (Phi) is 5.71. The molecular weight excluding hydrogens is 326 g/mol. The number of hydrogen-bond acceptors (Lipinski definition) is 3. The number of likely N-dealkylation sites (tertiary alicyclic amines) is 1. The Morgan fingerprint density at radius 2 is 1.46 bits per heavy atom. The smallest absolute Gasteiger partial charge is 0.260 e. The number of rotatable bonds is 5. The maximum atomic E-state index is 12.6. The second-order valence-electron chi connectivity index (χ2n) is 6.99. The van der Waals surface area contributed by atoms with Crippen LogP contribution in [0.15, 0.2) is 48.5 Å². The Morgan fingerprint density at radius 3 is 2.04 bits per heavy atom. The highest BCUT2D eigenvalue weighted by molar-refractivity contribution is 5.98. The van der Waals surface area contributed by atoms with Gasteiger partial charge >= 0.3 is 0 Å². The van der Waals surface area contributed by atoms with Crippen molar-refractivity contribution in [2.45, 2.75) is 26.7 Å². The van der Waals surface area contributed by atoms with E-state index in [1.807, 2.05) is 62.4 Å². The lowest BCUT2D eigenvalue weighted by atomic mass is 9.88. The third-order valence-corrected chi connectivity index (χ3v) is 4.94. The summed E-state index contributed by atoms with van der Waals surface area (Å²) < 4.78 is 5.57. The number of benzene rings is 2. The van der Waals surface area contributed by atoms with Crippen LogP contribution in [0.25, 0.3) is 0 Å². The highest BCUT2D eigenvalue weighted by Gasteiger charge is 2.28. The zero-order valence-corrected chi connectivity index (χ0v) is 15.4. The van der Waals surface area contributed by atoms with Crippen molar-refractivity contribution >= 4 is 11.7 Å². The maximum Gasteiger partial charge on any atom is 0.260 e. The fraction of sp³-hybridized carbons (Fsp3) is 0.364. The van der Waals surface area contributed by atoms with Crippen LogP contribution in [0.3, 0.4) is 0 Å². The van der Waals surface area contributed by atoms with Crippen LogP contribution in [0.2, 0.25) is 0 Å². The number of piperidine rings is 1. The number of carbonyl (C=O) groups is 2. The van der Waals surface area contributed by atoms with Crippen LogP contribution in [0.4, 0.5) is 0 Å². The molecule has 3 rings (SSSR count). The maximum absolute atomic E-state index is 12.6. The Hall–Kier alpha value is -2.62. The predicted molar refractivity (Wildman–Crippen MR) is 101 cm³/mol. The molecule has 0 unspecified atom stereocenters. The van der Waals surface area contributed by atoms with Gasteiger partial charge in [0, 0.05) is 24.6 Å². The van der Waals surface area contributed by atoms with Gasteiger partial charge in [-0.25, -0.2) is 0 Å². The third-order valence-electron chi connectivity index (χ3n) is 4.94. The Balaban J connectivity index is 1.48. The molecule has 0 radical (unpaired) electrons. The predicted octanol–water partition coefficient (Wildman–Crippen LogP) is 3.80. The molecule has 0 aromatic heterocycles. The van der Waals surface area contributed by atoms with Gasteiger partial charge in [0.1, 0.15) is 5.75 Å². The molecule has 0 N–H and O–H groups in total. The van der Waals surface area contributed by atoms with Crippen LogP contribution in [-0.2, 0) is 4.79 Å². The summed E-state index contributed by atoms with van der Waals surface area (Å²) in [4.78, 5) is 26.7. The van der Waals surface area contributed by atoms with Crippen molar-refractivity contribution in [1.29, 1.82) is 0 Å². The molecule has 2 aromatic carbocycles. The number of nitrogens with zero attached hydrogens (tertiary/aromatic N) is 1. The highest BCUT2D eigenvalue weighted by Crippen LogP contribution is 2.22. The lowest BCUT2D eigenvalue weighted by Gasteiger charge is -2.31. The topological polar surface area (TPSA) is 46.6 Å². The number of ketones is 1. The molecule has 1 heterocycles. The second kappa shape index (κ2) is 8.17. The van der Waals surface area contributed by atoms with Gasteiger partial charge in [-0.2, -0.15) is 0 Å². The fourth-order valence-electron chi connectivity index (χ4n) is 3.22. The molecule has 2 aromatic rings. The van der Waals surface area contributed by atoms with E-state index in [2.05, 4.69) is 0 Å². The van der Waals surface area contributed by atoms with E-state index >= 15 is 0 Å². The van der Waals surface area contributed by atoms with E-state index in [4.69, 9.17) is 4.74 Å². The molecule has 4 nitrogen and oxygen atoms in total. The largest absolute Gasteiger partial charge is 0.484 e. The second-order valence-corrected chi connectivity index (χ2v) is 6.99. The van der Waals surface area contributed by atoms with Crippen molar-refractivity contribution in [2.24, 2.45) is 5.92 Å². The lowest BCUT2D eigenvalue weighted by Crippen LogP contribution is -2.42. The summed E-state index contributed by atoms with van der Waals surface area (Å²) in [7, 11) is 0. The van der Waals surface area contributed by atoms with Crippen LogP contribution in [0.5, 0.6) is 5.75 Å². The molecule has 0 bridgehead atoms. The van der Waals surface area contributed by atoms with Gasteiger partial charge in [-0.1, -0.05) is 47.5 Å². The molecule has 1 saturated heterocycles. The molecule has 1 aliphatic rings. The molecule has 0 atom stereocenters. The van der Waals surface area contributed by atoms with E-state index in [9.17, 15) is 9.59 Å². The van der Waals surface area contributed by atoms with Gasteiger partial charge in [0.25, 0.3) is 5.91 Å². The lowest BCUT2D eigenvalue weighted by molar-refractivity contribution is -0.134. The first kappa shape index (κ1) is 18.2. The van der Waals surface area contributed by atoms with E-state index in [1.165, 1.54) is 0 Å². The number of ether oxygens (including phenoxy) is 1. The molecule has 0 aliphatic carbocycles. The summed E-state index contributed by atoms with van der Waals surface area (Å²) >= 11 is 0. The average Bonchev–Trinajstić information content (AvgIpc) is 2.67. The van der Waals surface area contributed by atoms with Gasteiger partial charge in [-0.3, -0.25) is 9.59 Å². The summed E-state index contributed by atoms with van der Waals surface area (Å²) in [6, 6.07) is 15.4. The van der Waals surface area contributed by atoms with Crippen LogP contribution >= 0.6 is 0 Å². The zero-order chi connectivity index (χ0) is 18.5. The normalized spacial score (nSPS) is 14.9. The molecule has 1 aliphatic heterocycles. The minimum atomic E-state index is -0.0215. The molecule has 4 heteroatoms. The van der Waals surface area contributed by atoms with Gasteiger partial charge in [0.05, 0.1) is 0 Å². The zero-order valence-electron chi connectivity index (χ0n) is 15.4. The number of aryl methyl sites for hydroxylation is 2. The first-order valence-electron chi connectivity index (χ1n) is 9.11. The Labute approximate surface area is 154 Å². The SMILES string of the molecule is Cc1ccc(OCC(=O)N2CCC(C(=O)c3ccc(C)cc3)CC2)cc1. The summed E-state index contributed by atoms with van der Waals surface area (Å²) in [5.41, 5.74) is 3.07. The minimum Gasteiger partial charge on any atom is -0.484 e. The van der Waals surface area contributed by atoms with Crippen molar-refractivity contribution in [3.8, 4) is 5.75 Å². The van der Waals surface area contributed by atoms with Crippen molar-refractivity contribution < 1.29 is 14.3 Å². The first-order valence-corrected chi connectivity index (χ1v) is 9.11. The van der Waals surface area contributed by atoms with Crippen LogP contribution in [-0.4, -0.2) is 36.3 Å². The summed E-state index contributed by atoms with van der Waals surface area (Å²) in [6.45, 7) is 5.28. The number of carbonyl (C=O) groups excluding carboxylic acids is 2. The molecule has 0 spiro atoms. The van der Waals surface area contributed by atoms with E-state index < -0.39 is 0 Å². The fourth-order valence-corrected chi connectivity index (χ4v) is 3.22. The number of amides is 1. The van der Waals surface area contributed by atoms with Crippen LogP contribution in [0.1, 0.15) is 34.3 Å². The van der Waals surface area contributed by atoms with Crippen molar-refractivity contribution in [3.63, 3.8) is 0 Å². The summed E-state index contributed by atoms with van der Waals surface area (Å²) in [6.07, 6.45) is 1.42. The number of hydrogen-bond donors (Lipinski definition) is 0. The molecule has 136 valence electrons.